The lowest BCUT2D eigenvalue weighted by Crippen LogP contribution is -2.60. The van der Waals surface area contributed by atoms with Gasteiger partial charge in [-0.1, -0.05) is 12.1 Å². The molecule has 4 N–H and O–H groups in total. The molecule has 164 valence electrons. The fraction of sp³-hybridized carbons (Fsp3) is 0.455. The van der Waals surface area contributed by atoms with Crippen LogP contribution in [0, 0.1) is 0 Å². The molecule has 1 aliphatic rings. The second kappa shape index (κ2) is 10.1. The van der Waals surface area contributed by atoms with Crippen molar-refractivity contribution < 1.29 is 39.4 Å². The molecule has 1 heterocycles. The highest BCUT2D eigenvalue weighted by Crippen LogP contribution is 2.28. The minimum atomic E-state index is -1.50. The summed E-state index contributed by atoms with van der Waals surface area (Å²) < 4.78 is 21.7. The van der Waals surface area contributed by atoms with E-state index in [2.05, 4.69) is 0 Å². The molecule has 2 aromatic carbocycles. The first-order chi connectivity index (χ1) is 14.4. The molecule has 3 rings (SSSR count). The lowest BCUT2D eigenvalue weighted by Gasteiger charge is -2.39. The Hall–Kier alpha value is -2.36. The van der Waals surface area contributed by atoms with Crippen LogP contribution in [-0.4, -0.2) is 72.0 Å². The third-order valence-corrected chi connectivity index (χ3v) is 5.14. The Kier molecular flexibility index (Phi) is 7.52. The Morgan fingerprint density at radius 2 is 1.40 bits per heavy atom. The summed E-state index contributed by atoms with van der Waals surface area (Å²) in [4.78, 5) is 0. The number of hydrogen-bond acceptors (Lipinski definition) is 8. The highest BCUT2D eigenvalue weighted by molar-refractivity contribution is 5.39. The molecule has 30 heavy (non-hydrogen) atoms. The first-order valence-electron chi connectivity index (χ1n) is 9.73. The third kappa shape index (κ3) is 5.21. The largest absolute Gasteiger partial charge is 0.497 e. The minimum absolute atomic E-state index is 0.378. The monoisotopic (exact) mass is 420 g/mol. The zero-order chi connectivity index (χ0) is 21.7. The molecule has 1 aliphatic heterocycles. The van der Waals surface area contributed by atoms with E-state index in [1.807, 2.05) is 30.3 Å². The van der Waals surface area contributed by atoms with Crippen LogP contribution in [0.1, 0.15) is 11.1 Å². The molecule has 0 bridgehead atoms. The van der Waals surface area contributed by atoms with E-state index < -0.39 is 37.3 Å². The SMILES string of the molecule is COc1ccc(CCc2cc(OC)cc(O[C@@H]3O[C@H](CO)[C@@H](O)[C@H](O)[C@H]3O)c2)cc1. The standard InChI is InChI=1S/C22H28O8/c1-27-15-7-5-13(6-8-15)3-4-14-9-16(28-2)11-17(10-14)29-22-21(26)20(25)19(24)18(12-23)30-22/h5-11,18-26H,3-4,12H2,1-2H3/t18-,19-,20+,21-,22-/m1/s1. The second-order valence-corrected chi connectivity index (χ2v) is 7.18. The fourth-order valence-electron chi connectivity index (χ4n) is 3.34. The van der Waals surface area contributed by atoms with Gasteiger partial charge in [0.2, 0.25) is 6.29 Å². The van der Waals surface area contributed by atoms with Gasteiger partial charge in [-0.25, -0.2) is 0 Å². The Balaban J connectivity index is 1.72. The van der Waals surface area contributed by atoms with E-state index in [-0.39, 0.29) is 0 Å². The van der Waals surface area contributed by atoms with Crippen LogP contribution in [0.25, 0.3) is 0 Å². The van der Waals surface area contributed by atoms with Crippen molar-refractivity contribution in [3.63, 3.8) is 0 Å². The molecule has 0 unspecified atom stereocenters. The van der Waals surface area contributed by atoms with Gasteiger partial charge in [-0.05, 0) is 48.2 Å². The van der Waals surface area contributed by atoms with Crippen molar-refractivity contribution in [2.75, 3.05) is 20.8 Å². The van der Waals surface area contributed by atoms with Crippen molar-refractivity contribution in [3.8, 4) is 17.2 Å². The van der Waals surface area contributed by atoms with Crippen molar-refractivity contribution in [3.05, 3.63) is 53.6 Å². The van der Waals surface area contributed by atoms with Gasteiger partial charge in [0.05, 0.1) is 20.8 Å². The van der Waals surface area contributed by atoms with Gasteiger partial charge in [0, 0.05) is 6.07 Å². The van der Waals surface area contributed by atoms with Gasteiger partial charge in [-0.3, -0.25) is 0 Å². The predicted molar refractivity (Wildman–Crippen MR) is 108 cm³/mol. The molecule has 8 nitrogen and oxygen atoms in total. The number of aliphatic hydroxyl groups excluding tert-OH is 4. The van der Waals surface area contributed by atoms with Crippen molar-refractivity contribution >= 4 is 0 Å². The first kappa shape index (κ1) is 22.3. The normalized spacial score (nSPS) is 26.3. The van der Waals surface area contributed by atoms with Crippen LogP contribution in [0.5, 0.6) is 17.2 Å². The summed E-state index contributed by atoms with van der Waals surface area (Å²) in [6, 6.07) is 13.2. The molecule has 0 saturated carbocycles. The predicted octanol–water partition coefficient (Wildman–Crippen LogP) is 0.668. The van der Waals surface area contributed by atoms with E-state index in [1.165, 1.54) is 0 Å². The van der Waals surface area contributed by atoms with E-state index in [0.29, 0.717) is 17.9 Å². The molecule has 0 spiro atoms. The summed E-state index contributed by atoms with van der Waals surface area (Å²) in [6.07, 6.45) is -5.19. The summed E-state index contributed by atoms with van der Waals surface area (Å²) >= 11 is 0. The molecule has 0 aliphatic carbocycles. The van der Waals surface area contributed by atoms with Gasteiger partial charge in [-0.2, -0.15) is 0 Å². The number of hydrogen-bond donors (Lipinski definition) is 4. The second-order valence-electron chi connectivity index (χ2n) is 7.18. The molecule has 0 aromatic heterocycles. The smallest absolute Gasteiger partial charge is 0.229 e. The number of methoxy groups -OCH3 is 2. The van der Waals surface area contributed by atoms with Crippen LogP contribution in [0.3, 0.4) is 0 Å². The van der Waals surface area contributed by atoms with Gasteiger partial charge in [0.1, 0.15) is 41.7 Å². The Bertz CT molecular complexity index is 807. The molecule has 8 heteroatoms. The van der Waals surface area contributed by atoms with Crippen molar-refractivity contribution in [2.45, 2.75) is 43.5 Å². The molecular weight excluding hydrogens is 392 g/mol. The number of aliphatic hydroxyl groups is 4. The zero-order valence-corrected chi connectivity index (χ0v) is 17.0. The zero-order valence-electron chi connectivity index (χ0n) is 17.0. The lowest BCUT2D eigenvalue weighted by molar-refractivity contribution is -0.277. The fourth-order valence-corrected chi connectivity index (χ4v) is 3.34. The Morgan fingerprint density at radius 3 is 2.03 bits per heavy atom. The van der Waals surface area contributed by atoms with Crippen LogP contribution in [-0.2, 0) is 17.6 Å². The third-order valence-electron chi connectivity index (χ3n) is 5.14. The Morgan fingerprint density at radius 1 is 0.767 bits per heavy atom. The number of ether oxygens (including phenoxy) is 4. The maximum absolute atomic E-state index is 10.2. The van der Waals surface area contributed by atoms with Crippen LogP contribution in [0.4, 0.5) is 0 Å². The summed E-state index contributed by atoms with van der Waals surface area (Å²) in [5, 5.41) is 39.4. The summed E-state index contributed by atoms with van der Waals surface area (Å²) in [5.74, 6) is 1.75. The van der Waals surface area contributed by atoms with Crippen LogP contribution < -0.4 is 14.2 Å². The van der Waals surface area contributed by atoms with E-state index >= 15 is 0 Å². The van der Waals surface area contributed by atoms with Crippen LogP contribution >= 0.6 is 0 Å². The maximum Gasteiger partial charge on any atom is 0.229 e. The van der Waals surface area contributed by atoms with Gasteiger partial charge in [0.15, 0.2) is 0 Å². The summed E-state index contributed by atoms with van der Waals surface area (Å²) in [5.41, 5.74) is 2.10. The Labute approximate surface area is 175 Å². The average Bonchev–Trinajstić information content (AvgIpc) is 2.78. The van der Waals surface area contributed by atoms with E-state index in [0.717, 1.165) is 23.3 Å². The maximum atomic E-state index is 10.2. The molecule has 0 amide bonds. The van der Waals surface area contributed by atoms with Gasteiger partial charge >= 0.3 is 0 Å². The van der Waals surface area contributed by atoms with Crippen LogP contribution in [0.2, 0.25) is 0 Å². The van der Waals surface area contributed by atoms with Crippen LogP contribution in [0.15, 0.2) is 42.5 Å². The van der Waals surface area contributed by atoms with E-state index in [1.54, 1.807) is 26.4 Å². The molecule has 1 fully saturated rings. The molecule has 5 atom stereocenters. The number of rotatable bonds is 8. The molecule has 1 saturated heterocycles. The molecular formula is C22H28O8. The van der Waals surface area contributed by atoms with Crippen molar-refractivity contribution in [1.82, 2.24) is 0 Å². The van der Waals surface area contributed by atoms with Gasteiger partial charge < -0.3 is 39.4 Å². The quantitative estimate of drug-likeness (QED) is 0.492. The molecule has 2 aromatic rings. The molecule has 0 radical (unpaired) electrons. The average molecular weight is 420 g/mol. The first-order valence-corrected chi connectivity index (χ1v) is 9.73. The number of benzene rings is 2. The summed E-state index contributed by atoms with van der Waals surface area (Å²) in [6.45, 7) is -0.518. The number of aryl methyl sites for hydroxylation is 2. The van der Waals surface area contributed by atoms with Gasteiger partial charge in [-0.15, -0.1) is 0 Å². The highest BCUT2D eigenvalue weighted by Gasteiger charge is 2.44. The van der Waals surface area contributed by atoms with Crippen molar-refractivity contribution in [1.29, 1.82) is 0 Å². The van der Waals surface area contributed by atoms with E-state index in [9.17, 15) is 20.4 Å². The van der Waals surface area contributed by atoms with E-state index in [4.69, 9.17) is 18.9 Å². The highest BCUT2D eigenvalue weighted by atomic mass is 16.7. The minimum Gasteiger partial charge on any atom is -0.497 e. The summed E-state index contributed by atoms with van der Waals surface area (Å²) in [7, 11) is 3.17. The lowest BCUT2D eigenvalue weighted by atomic mass is 9.99. The topological polar surface area (TPSA) is 118 Å². The van der Waals surface area contributed by atoms with Crippen molar-refractivity contribution in [2.24, 2.45) is 0 Å². The van der Waals surface area contributed by atoms with Gasteiger partial charge in [0.25, 0.3) is 0 Å².